The number of methoxy groups -OCH3 is 1. The Morgan fingerprint density at radius 2 is 2.05 bits per heavy atom. The van der Waals surface area contributed by atoms with Crippen molar-refractivity contribution in [3.05, 3.63) is 46.8 Å². The number of benzene rings is 2. The quantitative estimate of drug-likeness (QED) is 0.175. The summed E-state index contributed by atoms with van der Waals surface area (Å²) in [5.74, 6) is 5.66. The lowest BCUT2D eigenvalue weighted by molar-refractivity contribution is -0.126. The number of nitrogens with one attached hydrogen (secondary N) is 2. The molecule has 216 valence electrons. The van der Waals surface area contributed by atoms with E-state index in [0.717, 1.165) is 24.4 Å². The third-order valence-electron chi connectivity index (χ3n) is 6.88. The van der Waals surface area contributed by atoms with E-state index in [9.17, 15) is 22.1 Å². The van der Waals surface area contributed by atoms with E-state index in [1.165, 1.54) is 12.1 Å². The average molecular weight is 599 g/mol. The van der Waals surface area contributed by atoms with Crippen LogP contribution in [0, 0.1) is 11.8 Å². The minimum Gasteiger partial charge on any atom is -0.495 e. The van der Waals surface area contributed by atoms with Gasteiger partial charge in [-0.3, -0.25) is 0 Å². The zero-order chi connectivity index (χ0) is 31.6. The van der Waals surface area contributed by atoms with Gasteiger partial charge in [0.15, 0.2) is 0 Å². The standard InChI is InChI=1S/C29H34F4N3O2PS/c1-5-36-15-13-23(22(30)18-36)35-25-9-6-8-20-21(17-29(31,32)33)27(40-28(20)25)10-7-14-34-24-12-11-19(39(3,4)37)16-26(24)38-2/h6,8-9,11-12,16,22-23,34-35H,5,13-15,17-18H2,1-4H3/t22-,23+/m0/s1/i2D3. The molecule has 0 unspecified atom stereocenters. The number of fused-ring (bicyclic) bond motifs is 1. The van der Waals surface area contributed by atoms with Gasteiger partial charge in [-0.2, -0.15) is 13.2 Å². The van der Waals surface area contributed by atoms with Crippen LogP contribution in [0.15, 0.2) is 36.4 Å². The van der Waals surface area contributed by atoms with E-state index in [1.54, 1.807) is 37.6 Å². The summed E-state index contributed by atoms with van der Waals surface area (Å²) in [5.41, 5.74) is 0.917. The largest absolute Gasteiger partial charge is 0.495 e. The van der Waals surface area contributed by atoms with Crippen LogP contribution in [0.2, 0.25) is 0 Å². The second-order valence-electron chi connectivity index (χ2n) is 10.1. The first-order valence-electron chi connectivity index (χ1n) is 14.4. The number of thiophene rings is 1. The summed E-state index contributed by atoms with van der Waals surface area (Å²) in [4.78, 5) is 2.27. The van der Waals surface area contributed by atoms with Gasteiger partial charge in [-0.1, -0.05) is 30.9 Å². The van der Waals surface area contributed by atoms with Crippen molar-refractivity contribution in [2.24, 2.45) is 0 Å². The average Bonchev–Trinajstić information content (AvgIpc) is 3.23. The Kier molecular flexibility index (Phi) is 8.13. The van der Waals surface area contributed by atoms with E-state index >= 15 is 0 Å². The van der Waals surface area contributed by atoms with E-state index in [1.807, 2.05) is 11.8 Å². The van der Waals surface area contributed by atoms with Crippen molar-refractivity contribution in [2.75, 3.05) is 57.2 Å². The molecule has 1 fully saturated rings. The zero-order valence-electron chi connectivity index (χ0n) is 25.5. The third-order valence-corrected chi connectivity index (χ3v) is 9.59. The van der Waals surface area contributed by atoms with Crippen molar-refractivity contribution in [1.82, 2.24) is 4.90 Å². The molecular formula is C29H34F4N3O2PS. The van der Waals surface area contributed by atoms with Gasteiger partial charge in [0.05, 0.1) is 51.1 Å². The van der Waals surface area contributed by atoms with Gasteiger partial charge in [-0.15, -0.1) is 11.3 Å². The smallest absolute Gasteiger partial charge is 0.393 e. The molecule has 1 aromatic heterocycles. The number of likely N-dealkylation sites (tertiary alicyclic amines) is 1. The van der Waals surface area contributed by atoms with Crippen molar-refractivity contribution in [3.8, 4) is 17.6 Å². The molecule has 11 heteroatoms. The highest BCUT2D eigenvalue weighted by Gasteiger charge is 2.32. The summed E-state index contributed by atoms with van der Waals surface area (Å²) >= 11 is 1.12. The van der Waals surface area contributed by atoms with Crippen molar-refractivity contribution >= 4 is 45.2 Å². The summed E-state index contributed by atoms with van der Waals surface area (Å²) in [7, 11) is -5.45. The van der Waals surface area contributed by atoms with Gasteiger partial charge in [0.25, 0.3) is 0 Å². The van der Waals surface area contributed by atoms with Gasteiger partial charge in [0.2, 0.25) is 0 Å². The summed E-state index contributed by atoms with van der Waals surface area (Å²) in [6.45, 7) is 6.83. The number of hydrogen-bond donors (Lipinski definition) is 2. The molecule has 0 radical (unpaired) electrons. The predicted molar refractivity (Wildman–Crippen MR) is 158 cm³/mol. The molecular weight excluding hydrogens is 561 g/mol. The van der Waals surface area contributed by atoms with Crippen LogP contribution in [0.25, 0.3) is 10.1 Å². The maximum Gasteiger partial charge on any atom is 0.393 e. The summed E-state index contributed by atoms with van der Waals surface area (Å²) in [5, 5.41) is 7.04. The molecule has 2 heterocycles. The van der Waals surface area contributed by atoms with Crippen LogP contribution in [0.5, 0.6) is 5.75 Å². The molecule has 1 aliphatic heterocycles. The number of alkyl halides is 4. The molecule has 0 spiro atoms. The Labute approximate surface area is 240 Å². The van der Waals surface area contributed by atoms with E-state index in [0.29, 0.717) is 34.0 Å². The third kappa shape index (κ3) is 7.31. The van der Waals surface area contributed by atoms with E-state index in [4.69, 9.17) is 8.85 Å². The topological polar surface area (TPSA) is 53.6 Å². The van der Waals surface area contributed by atoms with Crippen LogP contribution in [0.3, 0.4) is 0 Å². The first-order valence-corrected chi connectivity index (χ1v) is 16.3. The zero-order valence-corrected chi connectivity index (χ0v) is 24.2. The molecule has 0 amide bonds. The number of halogens is 4. The number of nitrogens with zero attached hydrogens (tertiary/aromatic N) is 1. The van der Waals surface area contributed by atoms with Gasteiger partial charge in [-0.25, -0.2) is 4.39 Å². The van der Waals surface area contributed by atoms with Gasteiger partial charge in [0, 0.05) is 18.4 Å². The summed E-state index contributed by atoms with van der Waals surface area (Å²) in [6.07, 6.45) is -6.17. The molecule has 0 bridgehead atoms. The molecule has 40 heavy (non-hydrogen) atoms. The van der Waals surface area contributed by atoms with Crippen LogP contribution in [-0.2, 0) is 11.0 Å². The lowest BCUT2D eigenvalue weighted by Crippen LogP contribution is -2.47. The highest BCUT2D eigenvalue weighted by atomic mass is 32.1. The maximum absolute atomic E-state index is 14.9. The van der Waals surface area contributed by atoms with Crippen molar-refractivity contribution in [3.63, 3.8) is 0 Å². The highest BCUT2D eigenvalue weighted by molar-refractivity contribution is 7.70. The van der Waals surface area contributed by atoms with Gasteiger partial charge in [-0.05, 0) is 61.5 Å². The van der Waals surface area contributed by atoms with Crippen LogP contribution in [0.4, 0.5) is 28.9 Å². The molecule has 2 aromatic carbocycles. The number of piperidine rings is 1. The number of rotatable bonds is 8. The predicted octanol–water partition coefficient (Wildman–Crippen LogP) is 6.57. The van der Waals surface area contributed by atoms with Gasteiger partial charge < -0.3 is 24.8 Å². The molecule has 4 rings (SSSR count). The van der Waals surface area contributed by atoms with Crippen LogP contribution in [0.1, 0.15) is 27.9 Å². The second-order valence-corrected chi connectivity index (χ2v) is 14.4. The minimum atomic E-state index is -4.47. The summed E-state index contributed by atoms with van der Waals surface area (Å²) in [6, 6.07) is 9.10. The lowest BCUT2D eigenvalue weighted by atomic mass is 10.0. The van der Waals surface area contributed by atoms with Crippen LogP contribution >= 0.6 is 18.5 Å². The summed E-state index contributed by atoms with van der Waals surface area (Å²) < 4.78 is 96.3. The Hall–Kier alpha value is -2.73. The van der Waals surface area contributed by atoms with Gasteiger partial charge >= 0.3 is 6.18 Å². The van der Waals surface area contributed by atoms with E-state index in [-0.39, 0.29) is 28.4 Å². The second kappa shape index (κ2) is 12.4. The van der Waals surface area contributed by atoms with E-state index in [2.05, 4.69) is 22.5 Å². The Balaban J connectivity index is 1.61. The number of ether oxygens (including phenoxy) is 1. The molecule has 2 atom stereocenters. The normalized spacial score (nSPS) is 19.7. The molecule has 0 saturated carbocycles. The Morgan fingerprint density at radius 1 is 1.25 bits per heavy atom. The molecule has 0 aliphatic carbocycles. The molecule has 3 aromatic rings. The monoisotopic (exact) mass is 598 g/mol. The molecule has 1 saturated heterocycles. The number of anilines is 2. The van der Waals surface area contributed by atoms with Gasteiger partial charge in [0.1, 0.15) is 19.1 Å². The van der Waals surface area contributed by atoms with Crippen LogP contribution in [-0.4, -0.2) is 69.8 Å². The van der Waals surface area contributed by atoms with Crippen molar-refractivity contribution in [1.29, 1.82) is 0 Å². The first kappa shape index (κ1) is 26.2. The fourth-order valence-electron chi connectivity index (χ4n) is 4.72. The van der Waals surface area contributed by atoms with Crippen molar-refractivity contribution in [2.45, 2.75) is 38.2 Å². The molecule has 5 nitrogen and oxygen atoms in total. The molecule has 2 N–H and O–H groups in total. The first-order chi connectivity index (χ1) is 20.0. The Bertz CT molecular complexity index is 1560. The van der Waals surface area contributed by atoms with Crippen LogP contribution < -0.4 is 20.7 Å². The highest BCUT2D eigenvalue weighted by Crippen LogP contribution is 2.40. The fourth-order valence-corrected chi connectivity index (χ4v) is 6.75. The number of hydrogen-bond acceptors (Lipinski definition) is 6. The molecule has 1 aliphatic rings. The maximum atomic E-state index is 14.9. The minimum absolute atomic E-state index is 0.0308. The SMILES string of the molecule is [2H]C([2H])([2H])Oc1cc(P(C)(C)=O)ccc1NCC#Cc1sc2c(N[C@@H]3CCN(CC)C[C@@H]3F)cccc2c1CC(F)(F)F. The van der Waals surface area contributed by atoms with Crippen molar-refractivity contribution < 1.29 is 31.0 Å². The fraction of sp³-hybridized carbons (Fsp3) is 0.448. The lowest BCUT2D eigenvalue weighted by Gasteiger charge is -2.35. The van der Waals surface area contributed by atoms with E-state index < -0.39 is 39.0 Å². The Morgan fingerprint density at radius 3 is 2.73 bits per heavy atom.